The summed E-state index contributed by atoms with van der Waals surface area (Å²) in [6, 6.07) is 6.17. The van der Waals surface area contributed by atoms with E-state index in [9.17, 15) is 4.79 Å². The molecule has 0 N–H and O–H groups in total. The molecular weight excluding hydrogens is 376 g/mol. The number of likely N-dealkylation sites (tertiary alicyclic amines) is 2. The van der Waals surface area contributed by atoms with Crippen molar-refractivity contribution in [1.82, 2.24) is 29.3 Å². The van der Waals surface area contributed by atoms with Crippen LogP contribution >= 0.6 is 0 Å². The largest absolute Gasteiger partial charge is 0.334 e. The molecule has 0 bridgehead atoms. The molecule has 7 nitrogen and oxygen atoms in total. The second-order valence-corrected chi connectivity index (χ2v) is 8.46. The fraction of sp³-hybridized carbons (Fsp3) is 0.478. The molecule has 3 aromatic rings. The van der Waals surface area contributed by atoms with Crippen LogP contribution in [0.15, 0.2) is 43.1 Å². The highest BCUT2D eigenvalue weighted by molar-refractivity contribution is 5.96. The number of piperidine rings is 1. The van der Waals surface area contributed by atoms with Gasteiger partial charge in [-0.1, -0.05) is 6.07 Å². The number of aromatic nitrogens is 4. The van der Waals surface area contributed by atoms with Crippen LogP contribution in [-0.2, 0) is 6.54 Å². The molecule has 5 heterocycles. The average molecular weight is 405 g/mol. The van der Waals surface area contributed by atoms with Gasteiger partial charge >= 0.3 is 0 Å². The van der Waals surface area contributed by atoms with E-state index < -0.39 is 0 Å². The van der Waals surface area contributed by atoms with E-state index in [2.05, 4.69) is 24.8 Å². The molecule has 1 unspecified atom stereocenters. The standard InChI is InChI=1S/C23H28N6O/c30-23(29-11-2-1-7-20(29)16-27-9-3-4-10-27)19-12-21-22(25-14-19)28(17-26-21)15-18-6-5-8-24-13-18/h5-6,8,12-14,17,20H,1-4,7,9-11,15-16H2. The quantitative estimate of drug-likeness (QED) is 0.654. The van der Waals surface area contributed by atoms with Gasteiger partial charge in [0.05, 0.1) is 18.4 Å². The molecule has 2 aliphatic rings. The maximum absolute atomic E-state index is 13.3. The fourth-order valence-corrected chi connectivity index (χ4v) is 4.76. The van der Waals surface area contributed by atoms with Crippen molar-refractivity contribution < 1.29 is 4.79 Å². The van der Waals surface area contributed by atoms with E-state index >= 15 is 0 Å². The van der Waals surface area contributed by atoms with Gasteiger partial charge in [-0.25, -0.2) is 9.97 Å². The van der Waals surface area contributed by atoms with Crippen LogP contribution < -0.4 is 0 Å². The summed E-state index contributed by atoms with van der Waals surface area (Å²) >= 11 is 0. The van der Waals surface area contributed by atoms with E-state index in [1.165, 1.54) is 32.4 Å². The number of carbonyl (C=O) groups excluding carboxylic acids is 1. The molecular formula is C23H28N6O. The van der Waals surface area contributed by atoms with Crippen molar-refractivity contribution >= 4 is 17.1 Å². The van der Waals surface area contributed by atoms with Crippen molar-refractivity contribution in [3.8, 4) is 0 Å². The third-order valence-corrected chi connectivity index (χ3v) is 6.33. The van der Waals surface area contributed by atoms with Crippen LogP contribution in [0.5, 0.6) is 0 Å². The zero-order valence-corrected chi connectivity index (χ0v) is 17.3. The number of fused-ring (bicyclic) bond motifs is 1. The SMILES string of the molecule is O=C(c1cnc2c(c1)ncn2Cc1cccnc1)N1CCCCC1CN1CCCC1. The Morgan fingerprint density at radius 2 is 1.93 bits per heavy atom. The molecule has 1 atom stereocenters. The Morgan fingerprint density at radius 1 is 1.07 bits per heavy atom. The van der Waals surface area contributed by atoms with Crippen LogP contribution in [0.3, 0.4) is 0 Å². The second kappa shape index (κ2) is 8.52. The summed E-state index contributed by atoms with van der Waals surface area (Å²) in [5.74, 6) is 0.0927. The third-order valence-electron chi connectivity index (χ3n) is 6.33. The van der Waals surface area contributed by atoms with E-state index in [1.54, 1.807) is 18.7 Å². The summed E-state index contributed by atoms with van der Waals surface area (Å²) in [5.41, 5.74) is 3.29. The molecule has 2 saturated heterocycles. The van der Waals surface area contributed by atoms with Gasteiger partial charge in [-0.05, 0) is 62.9 Å². The Balaban J connectivity index is 1.35. The molecule has 156 valence electrons. The lowest BCUT2D eigenvalue weighted by Crippen LogP contribution is -2.49. The normalized spacial score (nSPS) is 20.1. The Bertz CT molecular complexity index is 1010. The average Bonchev–Trinajstić information content (AvgIpc) is 3.44. The van der Waals surface area contributed by atoms with E-state index in [1.807, 2.05) is 29.0 Å². The monoisotopic (exact) mass is 404 g/mol. The van der Waals surface area contributed by atoms with Crippen molar-refractivity contribution in [1.29, 1.82) is 0 Å². The van der Waals surface area contributed by atoms with Gasteiger partial charge in [0.1, 0.15) is 5.52 Å². The first kappa shape index (κ1) is 19.2. The molecule has 3 aromatic heterocycles. The zero-order chi connectivity index (χ0) is 20.3. The summed E-state index contributed by atoms with van der Waals surface area (Å²) in [4.78, 5) is 31.2. The first-order valence-corrected chi connectivity index (χ1v) is 11.0. The van der Waals surface area contributed by atoms with Crippen LogP contribution in [0.25, 0.3) is 11.2 Å². The number of nitrogens with zero attached hydrogens (tertiary/aromatic N) is 6. The van der Waals surface area contributed by atoms with Crippen molar-refractivity contribution in [2.24, 2.45) is 0 Å². The van der Waals surface area contributed by atoms with Crippen LogP contribution in [0.1, 0.15) is 48.0 Å². The summed E-state index contributed by atoms with van der Waals surface area (Å²) < 4.78 is 2.00. The number of pyridine rings is 2. The Kier molecular flexibility index (Phi) is 5.45. The van der Waals surface area contributed by atoms with Crippen LogP contribution in [0.4, 0.5) is 0 Å². The molecule has 7 heteroatoms. The highest BCUT2D eigenvalue weighted by atomic mass is 16.2. The van der Waals surface area contributed by atoms with Crippen molar-refractivity contribution in [3.63, 3.8) is 0 Å². The van der Waals surface area contributed by atoms with Crippen LogP contribution in [-0.4, -0.2) is 67.4 Å². The number of rotatable bonds is 5. The van der Waals surface area contributed by atoms with Crippen molar-refractivity contribution in [2.75, 3.05) is 26.2 Å². The van der Waals surface area contributed by atoms with Gasteiger partial charge in [0.25, 0.3) is 5.91 Å². The second-order valence-electron chi connectivity index (χ2n) is 8.46. The number of imidazole rings is 1. The third kappa shape index (κ3) is 3.94. The molecule has 2 fully saturated rings. The molecule has 0 aromatic carbocycles. The van der Waals surface area contributed by atoms with Gasteiger partial charge < -0.3 is 14.4 Å². The lowest BCUT2D eigenvalue weighted by atomic mass is 10.0. The number of hydrogen-bond acceptors (Lipinski definition) is 5. The lowest BCUT2D eigenvalue weighted by Gasteiger charge is -2.38. The summed E-state index contributed by atoms with van der Waals surface area (Å²) in [7, 11) is 0. The number of carbonyl (C=O) groups is 1. The molecule has 0 spiro atoms. The van der Waals surface area contributed by atoms with Crippen molar-refractivity contribution in [3.05, 3.63) is 54.2 Å². The minimum absolute atomic E-state index is 0.0927. The molecule has 30 heavy (non-hydrogen) atoms. The summed E-state index contributed by atoms with van der Waals surface area (Å²) in [6.07, 6.45) is 13.1. The Labute approximate surface area is 176 Å². The minimum Gasteiger partial charge on any atom is -0.334 e. The predicted octanol–water partition coefficient (Wildman–Crippen LogP) is 2.97. The molecule has 5 rings (SSSR count). The first-order valence-electron chi connectivity index (χ1n) is 11.0. The highest BCUT2D eigenvalue weighted by Crippen LogP contribution is 2.23. The lowest BCUT2D eigenvalue weighted by molar-refractivity contribution is 0.0560. The van der Waals surface area contributed by atoms with E-state index in [-0.39, 0.29) is 5.91 Å². The smallest absolute Gasteiger partial charge is 0.255 e. The maximum Gasteiger partial charge on any atom is 0.255 e. The zero-order valence-electron chi connectivity index (χ0n) is 17.3. The van der Waals surface area contributed by atoms with E-state index in [0.29, 0.717) is 18.2 Å². The molecule has 0 radical (unpaired) electrons. The number of amides is 1. The summed E-state index contributed by atoms with van der Waals surface area (Å²) in [5, 5.41) is 0. The van der Waals surface area contributed by atoms with Gasteiger partial charge in [-0.3, -0.25) is 9.78 Å². The molecule has 0 saturated carbocycles. The maximum atomic E-state index is 13.3. The highest BCUT2D eigenvalue weighted by Gasteiger charge is 2.30. The van der Waals surface area contributed by atoms with Gasteiger partial charge in [0, 0.05) is 37.7 Å². The Morgan fingerprint density at radius 3 is 2.77 bits per heavy atom. The van der Waals surface area contributed by atoms with Gasteiger partial charge in [0.2, 0.25) is 0 Å². The van der Waals surface area contributed by atoms with E-state index in [4.69, 9.17) is 0 Å². The van der Waals surface area contributed by atoms with Gasteiger partial charge in [-0.2, -0.15) is 0 Å². The summed E-state index contributed by atoms with van der Waals surface area (Å²) in [6.45, 7) is 4.83. The molecule has 0 aliphatic carbocycles. The Hall–Kier alpha value is -2.80. The van der Waals surface area contributed by atoms with Crippen LogP contribution in [0, 0.1) is 0 Å². The molecule has 1 amide bonds. The fourth-order valence-electron chi connectivity index (χ4n) is 4.76. The van der Waals surface area contributed by atoms with Gasteiger partial charge in [-0.15, -0.1) is 0 Å². The van der Waals surface area contributed by atoms with Gasteiger partial charge in [0.15, 0.2) is 5.65 Å². The number of hydrogen-bond donors (Lipinski definition) is 0. The minimum atomic E-state index is 0.0927. The van der Waals surface area contributed by atoms with E-state index in [0.717, 1.165) is 42.7 Å². The molecule has 2 aliphatic heterocycles. The van der Waals surface area contributed by atoms with Crippen LogP contribution in [0.2, 0.25) is 0 Å². The topological polar surface area (TPSA) is 67.2 Å². The first-order chi connectivity index (χ1) is 14.8. The van der Waals surface area contributed by atoms with Crippen molar-refractivity contribution in [2.45, 2.75) is 44.7 Å². The predicted molar refractivity (Wildman–Crippen MR) is 115 cm³/mol.